The van der Waals surface area contributed by atoms with Crippen LogP contribution in [0, 0.1) is 11.8 Å². The summed E-state index contributed by atoms with van der Waals surface area (Å²) in [6.45, 7) is 7.92. The second-order valence-electron chi connectivity index (χ2n) is 12.4. The third-order valence-corrected chi connectivity index (χ3v) is 9.57. The van der Waals surface area contributed by atoms with Gasteiger partial charge < -0.3 is 34.4 Å². The number of carbonyl (C=O) groups is 4. The van der Waals surface area contributed by atoms with Gasteiger partial charge in [-0.3, -0.25) is 19.2 Å². The summed E-state index contributed by atoms with van der Waals surface area (Å²) in [4.78, 5) is 58.7. The van der Waals surface area contributed by atoms with E-state index in [0.29, 0.717) is 49.1 Å². The molecule has 11 heteroatoms. The number of nitrogens with one attached hydrogen (secondary N) is 1. The Balaban J connectivity index is 1.44. The van der Waals surface area contributed by atoms with Gasteiger partial charge in [-0.05, 0) is 61.9 Å². The number of allylic oxidation sites excluding steroid dienone is 1. The van der Waals surface area contributed by atoms with E-state index in [9.17, 15) is 24.3 Å². The van der Waals surface area contributed by atoms with Crippen molar-refractivity contribution in [3.05, 3.63) is 85.5 Å². The SMILES string of the molecule is C=CCCC(=O)NC[C@@H](OC(=O)[C@@H]1[C@H]2C(=O)N(CCCCO)[C@H](C(=O)N(CC=C)c3ccc(OC)cc3)[C@]23CC[C@H]1O3)c1ccccc1. The maximum atomic E-state index is 14.6. The zero-order valence-corrected chi connectivity index (χ0v) is 27.4. The molecular weight excluding hydrogens is 614 g/mol. The van der Waals surface area contributed by atoms with Crippen LogP contribution in [0.2, 0.25) is 0 Å². The molecule has 3 fully saturated rings. The second-order valence-corrected chi connectivity index (χ2v) is 12.4. The number of carbonyl (C=O) groups excluding carboxylic acids is 4. The van der Waals surface area contributed by atoms with Gasteiger partial charge in [-0.25, -0.2) is 0 Å². The number of anilines is 1. The van der Waals surface area contributed by atoms with Crippen LogP contribution < -0.4 is 15.0 Å². The molecule has 2 N–H and O–H groups in total. The highest BCUT2D eigenvalue weighted by Crippen LogP contribution is 2.59. The summed E-state index contributed by atoms with van der Waals surface area (Å²) in [6.07, 6.45) is 4.50. The first kappa shape index (κ1) is 34.8. The van der Waals surface area contributed by atoms with Crippen molar-refractivity contribution in [1.29, 1.82) is 0 Å². The average Bonchev–Trinajstić information content (AvgIpc) is 3.75. The third-order valence-electron chi connectivity index (χ3n) is 9.57. The lowest BCUT2D eigenvalue weighted by Crippen LogP contribution is -2.56. The summed E-state index contributed by atoms with van der Waals surface area (Å²) in [7, 11) is 1.56. The van der Waals surface area contributed by atoms with E-state index in [4.69, 9.17) is 14.2 Å². The van der Waals surface area contributed by atoms with Gasteiger partial charge in [0.25, 0.3) is 5.91 Å². The average molecular weight is 660 g/mol. The number of benzene rings is 2. The molecule has 3 aliphatic heterocycles. The van der Waals surface area contributed by atoms with Crippen molar-refractivity contribution in [3.63, 3.8) is 0 Å². The van der Waals surface area contributed by atoms with Gasteiger partial charge in [0.05, 0.1) is 31.6 Å². The highest BCUT2D eigenvalue weighted by atomic mass is 16.6. The smallest absolute Gasteiger partial charge is 0.313 e. The van der Waals surface area contributed by atoms with Crippen molar-refractivity contribution in [2.24, 2.45) is 11.8 Å². The molecule has 6 atom stereocenters. The van der Waals surface area contributed by atoms with E-state index >= 15 is 0 Å². The monoisotopic (exact) mass is 659 g/mol. The number of unbranched alkanes of at least 4 members (excludes halogenated alkanes) is 1. The molecule has 0 unspecified atom stereocenters. The number of hydrogen-bond acceptors (Lipinski definition) is 8. The maximum absolute atomic E-state index is 14.6. The van der Waals surface area contributed by atoms with E-state index in [1.807, 2.05) is 30.3 Å². The predicted octanol–water partition coefficient (Wildman–Crippen LogP) is 3.73. The van der Waals surface area contributed by atoms with Crippen LogP contribution in [0.25, 0.3) is 0 Å². The van der Waals surface area contributed by atoms with Crippen molar-refractivity contribution in [3.8, 4) is 5.75 Å². The van der Waals surface area contributed by atoms with E-state index in [1.54, 1.807) is 53.3 Å². The Labute approximate surface area is 281 Å². The Morgan fingerprint density at radius 3 is 2.54 bits per heavy atom. The molecule has 256 valence electrons. The fraction of sp³-hybridized carbons (Fsp3) is 0.459. The van der Waals surface area contributed by atoms with Crippen LogP contribution in [-0.4, -0.2) is 84.8 Å². The minimum atomic E-state index is -1.23. The number of likely N-dealkylation sites (tertiary alicyclic amines) is 1. The first-order chi connectivity index (χ1) is 23.3. The zero-order valence-electron chi connectivity index (χ0n) is 27.4. The number of methoxy groups -OCH3 is 1. The van der Waals surface area contributed by atoms with Gasteiger partial charge >= 0.3 is 5.97 Å². The lowest BCUT2D eigenvalue weighted by atomic mass is 9.70. The van der Waals surface area contributed by atoms with E-state index < -0.39 is 41.7 Å². The Bertz CT molecular complexity index is 1480. The van der Waals surface area contributed by atoms with Crippen LogP contribution in [0.1, 0.15) is 50.2 Å². The number of rotatable bonds is 17. The molecule has 0 aliphatic carbocycles. The van der Waals surface area contributed by atoms with Crippen molar-refractivity contribution in [2.45, 2.75) is 62.4 Å². The number of ether oxygens (including phenoxy) is 3. The Morgan fingerprint density at radius 1 is 1.12 bits per heavy atom. The molecule has 0 aromatic heterocycles. The van der Waals surface area contributed by atoms with E-state index in [1.165, 1.54) is 0 Å². The number of amides is 3. The lowest BCUT2D eigenvalue weighted by Gasteiger charge is -2.36. The fourth-order valence-electron chi connectivity index (χ4n) is 7.34. The van der Waals surface area contributed by atoms with Gasteiger partial charge in [0.15, 0.2) is 0 Å². The minimum Gasteiger partial charge on any atom is -0.497 e. The van der Waals surface area contributed by atoms with E-state index in [0.717, 1.165) is 0 Å². The number of nitrogens with zero attached hydrogens (tertiary/aromatic N) is 2. The first-order valence-corrected chi connectivity index (χ1v) is 16.6. The lowest BCUT2D eigenvalue weighted by molar-refractivity contribution is -0.160. The Morgan fingerprint density at radius 2 is 1.88 bits per heavy atom. The van der Waals surface area contributed by atoms with Crippen LogP contribution in [0.4, 0.5) is 5.69 Å². The molecule has 3 heterocycles. The molecule has 5 rings (SSSR count). The molecule has 0 saturated carbocycles. The van der Waals surface area contributed by atoms with E-state index in [-0.39, 0.29) is 50.4 Å². The van der Waals surface area contributed by atoms with Crippen LogP contribution in [-0.2, 0) is 28.7 Å². The summed E-state index contributed by atoms with van der Waals surface area (Å²) in [5.41, 5.74) is 0.0756. The van der Waals surface area contributed by atoms with Crippen molar-refractivity contribution < 1.29 is 38.5 Å². The summed E-state index contributed by atoms with van der Waals surface area (Å²) in [6, 6.07) is 15.2. The van der Waals surface area contributed by atoms with Crippen LogP contribution in [0.5, 0.6) is 5.75 Å². The summed E-state index contributed by atoms with van der Waals surface area (Å²) < 4.78 is 18.0. The summed E-state index contributed by atoms with van der Waals surface area (Å²) >= 11 is 0. The van der Waals surface area contributed by atoms with Crippen LogP contribution in [0.3, 0.4) is 0 Å². The number of fused-ring (bicyclic) bond motifs is 1. The predicted molar refractivity (Wildman–Crippen MR) is 179 cm³/mol. The van der Waals surface area contributed by atoms with E-state index in [2.05, 4.69) is 18.5 Å². The molecule has 11 nitrogen and oxygen atoms in total. The molecule has 2 bridgehead atoms. The molecule has 48 heavy (non-hydrogen) atoms. The maximum Gasteiger partial charge on any atom is 0.313 e. The topological polar surface area (TPSA) is 135 Å². The normalized spacial score (nSPS) is 24.5. The summed E-state index contributed by atoms with van der Waals surface area (Å²) in [5.74, 6) is -2.68. The molecule has 2 aromatic carbocycles. The van der Waals surface area contributed by atoms with Crippen molar-refractivity contribution >= 4 is 29.4 Å². The van der Waals surface area contributed by atoms with Gasteiger partial charge in [0, 0.05) is 31.8 Å². The van der Waals surface area contributed by atoms with Crippen LogP contribution >= 0.6 is 0 Å². The minimum absolute atomic E-state index is 0.0534. The van der Waals surface area contributed by atoms with Gasteiger partial charge in [-0.2, -0.15) is 0 Å². The third kappa shape index (κ3) is 6.88. The Hall–Kier alpha value is -4.48. The van der Waals surface area contributed by atoms with Crippen LogP contribution in [0.15, 0.2) is 79.9 Å². The van der Waals surface area contributed by atoms with Gasteiger partial charge in [-0.15, -0.1) is 13.2 Å². The number of aliphatic hydroxyl groups is 1. The molecule has 1 spiro atoms. The second kappa shape index (κ2) is 15.6. The highest BCUT2D eigenvalue weighted by Gasteiger charge is 2.75. The molecule has 3 aliphatic rings. The molecular formula is C37H45N3O8. The van der Waals surface area contributed by atoms with Crippen molar-refractivity contribution in [1.82, 2.24) is 10.2 Å². The highest BCUT2D eigenvalue weighted by molar-refractivity contribution is 6.04. The Kier molecular flexibility index (Phi) is 11.3. The molecule has 3 amide bonds. The largest absolute Gasteiger partial charge is 0.497 e. The standard InChI is InChI=1S/C37H45N3O8/c1-4-6-14-30(42)38-24-29(25-12-8-7-9-13-25)47-36(45)31-28-19-20-37(48-28)32(31)34(43)40(22-10-11-23-41)33(37)35(44)39(21-5-2)26-15-17-27(46-3)18-16-26/h4-5,7-9,12-13,15-18,28-29,31-33,41H,1-2,6,10-11,14,19-24H2,3H3,(H,38,42)/t28-,29-,31+,32+,33-,37+/m1/s1. The number of esters is 1. The quantitative estimate of drug-likeness (QED) is 0.149. The van der Waals surface area contributed by atoms with Gasteiger partial charge in [0.2, 0.25) is 11.8 Å². The number of hydrogen-bond donors (Lipinski definition) is 2. The first-order valence-electron chi connectivity index (χ1n) is 16.6. The van der Waals surface area contributed by atoms with Gasteiger partial charge in [0.1, 0.15) is 23.5 Å². The number of aliphatic hydroxyl groups excluding tert-OH is 1. The molecule has 0 radical (unpaired) electrons. The zero-order chi connectivity index (χ0) is 34.3. The van der Waals surface area contributed by atoms with Crippen molar-refractivity contribution in [2.75, 3.05) is 38.3 Å². The molecule has 2 aromatic rings. The van der Waals surface area contributed by atoms with Gasteiger partial charge in [-0.1, -0.05) is 42.5 Å². The molecule has 3 saturated heterocycles. The summed E-state index contributed by atoms with van der Waals surface area (Å²) in [5, 5.41) is 12.3. The fourth-order valence-corrected chi connectivity index (χ4v) is 7.34.